The fourth-order valence-corrected chi connectivity index (χ4v) is 4.70. The largest absolute Gasteiger partial charge is 0.376 e. The van der Waals surface area contributed by atoms with Gasteiger partial charge in [-0.2, -0.15) is 0 Å². The summed E-state index contributed by atoms with van der Waals surface area (Å²) in [6.45, 7) is 14.1. The smallest absolute Gasteiger partial charge is 0.263 e. The van der Waals surface area contributed by atoms with Gasteiger partial charge in [-0.05, 0) is 24.6 Å². The molecule has 25 heavy (non-hydrogen) atoms. The molecular weight excluding hydrogens is 334 g/mol. The van der Waals surface area contributed by atoms with Gasteiger partial charge in [0.15, 0.2) is 0 Å². The number of carbonyl (C=O) groups is 1. The van der Waals surface area contributed by atoms with Crippen molar-refractivity contribution in [3.8, 4) is 0 Å². The number of amides is 1. The summed E-state index contributed by atoms with van der Waals surface area (Å²) in [7, 11) is 0. The number of hydrogen-bond acceptors (Lipinski definition) is 5. The van der Waals surface area contributed by atoms with Gasteiger partial charge in [-0.3, -0.25) is 9.69 Å². The average molecular weight is 366 g/mol. The summed E-state index contributed by atoms with van der Waals surface area (Å²) in [5, 5.41) is 0. The maximum Gasteiger partial charge on any atom is 0.263 e. The second-order valence-electron chi connectivity index (χ2n) is 6.93. The zero-order chi connectivity index (χ0) is 17.6. The molecule has 0 bridgehead atoms. The van der Waals surface area contributed by atoms with Crippen LogP contribution in [0.3, 0.4) is 0 Å². The van der Waals surface area contributed by atoms with Gasteiger partial charge in [-0.25, -0.2) is 0 Å². The fraction of sp³-hybridized carbons (Fsp3) is 0.737. The molecule has 0 radical (unpaired) electrons. The van der Waals surface area contributed by atoms with Gasteiger partial charge < -0.3 is 14.5 Å². The van der Waals surface area contributed by atoms with E-state index in [1.807, 2.05) is 4.90 Å². The van der Waals surface area contributed by atoms with Crippen LogP contribution in [0.5, 0.6) is 0 Å². The van der Waals surface area contributed by atoms with E-state index >= 15 is 0 Å². The molecule has 0 aromatic carbocycles. The Kier molecular flexibility index (Phi) is 6.87. The van der Waals surface area contributed by atoms with Crippen LogP contribution in [0.25, 0.3) is 0 Å². The van der Waals surface area contributed by atoms with Crippen molar-refractivity contribution < 1.29 is 9.53 Å². The quantitative estimate of drug-likeness (QED) is 0.743. The lowest BCUT2D eigenvalue weighted by molar-refractivity contribution is 0.0713. The van der Waals surface area contributed by atoms with Crippen molar-refractivity contribution in [2.75, 3.05) is 59.0 Å². The standard InChI is InChI=1S/C19H31N3O2S/c1-3-6-22(12-11-21-9-7-20(4-2)8-10-21)19(23)18-14-16-15-24-13-5-17(16)25-18/h14H,3-13,15H2,1-2H3. The second kappa shape index (κ2) is 9.12. The van der Waals surface area contributed by atoms with E-state index in [0.29, 0.717) is 6.61 Å². The molecule has 2 aliphatic heterocycles. The third-order valence-electron chi connectivity index (χ3n) is 5.22. The zero-order valence-electron chi connectivity index (χ0n) is 15.6. The monoisotopic (exact) mass is 365 g/mol. The summed E-state index contributed by atoms with van der Waals surface area (Å²) < 4.78 is 5.51. The Bertz CT molecular complexity index is 544. The third kappa shape index (κ3) is 4.82. The van der Waals surface area contributed by atoms with E-state index in [1.54, 1.807) is 11.3 Å². The molecule has 3 rings (SSSR count). The van der Waals surface area contributed by atoms with Gasteiger partial charge in [-0.15, -0.1) is 11.3 Å². The summed E-state index contributed by atoms with van der Waals surface area (Å²) in [5.41, 5.74) is 1.21. The van der Waals surface area contributed by atoms with Crippen LogP contribution in [-0.2, 0) is 17.8 Å². The highest BCUT2D eigenvalue weighted by molar-refractivity contribution is 7.14. The first-order valence-electron chi connectivity index (χ1n) is 9.64. The Morgan fingerprint density at radius 1 is 1.20 bits per heavy atom. The summed E-state index contributed by atoms with van der Waals surface area (Å²) in [6, 6.07) is 2.06. The predicted octanol–water partition coefficient (Wildman–Crippen LogP) is 2.31. The molecule has 1 fully saturated rings. The highest BCUT2D eigenvalue weighted by atomic mass is 32.1. The van der Waals surface area contributed by atoms with Crippen LogP contribution in [-0.4, -0.2) is 79.6 Å². The molecule has 1 saturated heterocycles. The molecule has 1 amide bonds. The van der Waals surface area contributed by atoms with Gasteiger partial charge in [0, 0.05) is 57.1 Å². The highest BCUT2D eigenvalue weighted by Gasteiger charge is 2.23. The van der Waals surface area contributed by atoms with E-state index in [4.69, 9.17) is 4.74 Å². The van der Waals surface area contributed by atoms with Crippen LogP contribution in [0.15, 0.2) is 6.07 Å². The maximum atomic E-state index is 13.0. The van der Waals surface area contributed by atoms with E-state index in [-0.39, 0.29) is 5.91 Å². The second-order valence-corrected chi connectivity index (χ2v) is 8.07. The highest BCUT2D eigenvalue weighted by Crippen LogP contribution is 2.28. The predicted molar refractivity (Wildman–Crippen MR) is 102 cm³/mol. The lowest BCUT2D eigenvalue weighted by Crippen LogP contribution is -2.48. The van der Waals surface area contributed by atoms with Crippen molar-refractivity contribution in [1.82, 2.24) is 14.7 Å². The van der Waals surface area contributed by atoms with Gasteiger partial charge in [0.1, 0.15) is 0 Å². The Balaban J connectivity index is 1.56. The van der Waals surface area contributed by atoms with Crippen molar-refractivity contribution in [2.45, 2.75) is 33.3 Å². The number of ether oxygens (including phenoxy) is 1. The number of nitrogens with zero attached hydrogens (tertiary/aromatic N) is 3. The van der Waals surface area contributed by atoms with E-state index in [1.165, 1.54) is 10.4 Å². The van der Waals surface area contributed by atoms with E-state index in [0.717, 1.165) is 76.7 Å². The van der Waals surface area contributed by atoms with Crippen LogP contribution in [0.2, 0.25) is 0 Å². The Morgan fingerprint density at radius 2 is 1.96 bits per heavy atom. The SMILES string of the molecule is CCCN(CCN1CCN(CC)CC1)C(=O)c1cc2c(s1)CCOC2. The molecule has 0 saturated carbocycles. The molecule has 1 aromatic heterocycles. The summed E-state index contributed by atoms with van der Waals surface area (Å²) in [5.74, 6) is 0.202. The van der Waals surface area contributed by atoms with Crippen molar-refractivity contribution in [2.24, 2.45) is 0 Å². The number of hydrogen-bond donors (Lipinski definition) is 0. The molecule has 0 atom stereocenters. The molecule has 2 aliphatic rings. The first-order valence-corrected chi connectivity index (χ1v) is 10.5. The summed E-state index contributed by atoms with van der Waals surface area (Å²) in [6.07, 6.45) is 1.95. The van der Waals surface area contributed by atoms with Crippen molar-refractivity contribution in [3.05, 3.63) is 21.4 Å². The van der Waals surface area contributed by atoms with Crippen molar-refractivity contribution >= 4 is 17.2 Å². The lowest BCUT2D eigenvalue weighted by atomic mass is 10.2. The third-order valence-corrected chi connectivity index (χ3v) is 6.44. The molecule has 1 aromatic rings. The fourth-order valence-electron chi connectivity index (χ4n) is 3.58. The number of thiophene rings is 1. The van der Waals surface area contributed by atoms with Gasteiger partial charge in [0.25, 0.3) is 5.91 Å². The summed E-state index contributed by atoms with van der Waals surface area (Å²) >= 11 is 1.67. The van der Waals surface area contributed by atoms with Crippen LogP contribution in [0, 0.1) is 0 Å². The Morgan fingerprint density at radius 3 is 2.64 bits per heavy atom. The van der Waals surface area contributed by atoms with Crippen LogP contribution < -0.4 is 0 Å². The average Bonchev–Trinajstić information content (AvgIpc) is 3.09. The molecular formula is C19H31N3O2S. The van der Waals surface area contributed by atoms with E-state index in [9.17, 15) is 4.79 Å². The Hall–Kier alpha value is -0.950. The van der Waals surface area contributed by atoms with Crippen LogP contribution >= 0.6 is 11.3 Å². The van der Waals surface area contributed by atoms with E-state index in [2.05, 4.69) is 29.7 Å². The molecule has 0 spiro atoms. The van der Waals surface area contributed by atoms with E-state index < -0.39 is 0 Å². The topological polar surface area (TPSA) is 36.0 Å². The van der Waals surface area contributed by atoms with Crippen molar-refractivity contribution in [3.63, 3.8) is 0 Å². The van der Waals surface area contributed by atoms with Gasteiger partial charge >= 0.3 is 0 Å². The molecule has 140 valence electrons. The van der Waals surface area contributed by atoms with Gasteiger partial charge in [-0.1, -0.05) is 13.8 Å². The number of fused-ring (bicyclic) bond motifs is 1. The minimum Gasteiger partial charge on any atom is -0.376 e. The summed E-state index contributed by atoms with van der Waals surface area (Å²) in [4.78, 5) is 22.2. The number of likely N-dealkylation sites (N-methyl/N-ethyl adjacent to an activating group) is 1. The number of piperazine rings is 1. The first-order chi connectivity index (χ1) is 12.2. The maximum absolute atomic E-state index is 13.0. The molecule has 0 aliphatic carbocycles. The lowest BCUT2D eigenvalue weighted by Gasteiger charge is -2.35. The molecule has 5 nitrogen and oxygen atoms in total. The number of rotatable bonds is 7. The van der Waals surface area contributed by atoms with Crippen LogP contribution in [0.1, 0.15) is 40.4 Å². The Labute approximate surface area is 155 Å². The minimum atomic E-state index is 0.202. The molecule has 0 N–H and O–H groups in total. The molecule has 6 heteroatoms. The molecule has 3 heterocycles. The minimum absolute atomic E-state index is 0.202. The first kappa shape index (κ1) is 18.8. The van der Waals surface area contributed by atoms with Crippen LogP contribution in [0.4, 0.5) is 0 Å². The van der Waals surface area contributed by atoms with Crippen molar-refractivity contribution in [1.29, 1.82) is 0 Å². The molecule has 0 unspecified atom stereocenters. The van der Waals surface area contributed by atoms with Gasteiger partial charge in [0.2, 0.25) is 0 Å². The zero-order valence-corrected chi connectivity index (χ0v) is 16.4. The number of carbonyl (C=O) groups excluding carboxylic acids is 1. The van der Waals surface area contributed by atoms with Gasteiger partial charge in [0.05, 0.1) is 18.1 Å². The normalized spacial score (nSPS) is 19.0.